The molecule has 4 heteroatoms. The summed E-state index contributed by atoms with van der Waals surface area (Å²) >= 11 is 0. The summed E-state index contributed by atoms with van der Waals surface area (Å²) in [7, 11) is 1.80. The molecule has 0 saturated heterocycles. The minimum atomic E-state index is 0.0618. The summed E-state index contributed by atoms with van der Waals surface area (Å²) in [5, 5.41) is 8.53. The van der Waals surface area contributed by atoms with E-state index in [-0.39, 0.29) is 5.41 Å². The minimum absolute atomic E-state index is 0.0618. The van der Waals surface area contributed by atoms with Crippen LogP contribution < -0.4 is 4.90 Å². The number of hydrogen-bond donors (Lipinski definition) is 0. The molecule has 0 aliphatic heterocycles. The lowest BCUT2D eigenvalue weighted by Gasteiger charge is -2.19. The molecule has 1 heterocycles. The van der Waals surface area contributed by atoms with Gasteiger partial charge in [0.1, 0.15) is 6.54 Å². The van der Waals surface area contributed by atoms with E-state index in [0.29, 0.717) is 12.5 Å². The van der Waals surface area contributed by atoms with Gasteiger partial charge in [-0.2, -0.15) is 5.26 Å². The van der Waals surface area contributed by atoms with Gasteiger partial charge in [-0.25, -0.2) is 9.97 Å². The summed E-state index contributed by atoms with van der Waals surface area (Å²) in [5.74, 6) is 0.588. The molecule has 0 amide bonds. The lowest BCUT2D eigenvalue weighted by atomic mass is 9.89. The maximum absolute atomic E-state index is 8.53. The zero-order chi connectivity index (χ0) is 11.5. The van der Waals surface area contributed by atoms with Crippen LogP contribution in [0.3, 0.4) is 0 Å². The van der Waals surface area contributed by atoms with Crippen molar-refractivity contribution in [2.75, 3.05) is 18.5 Å². The average Bonchev–Trinajstić information content (AvgIpc) is 2.17. The van der Waals surface area contributed by atoms with E-state index < -0.39 is 0 Å². The van der Waals surface area contributed by atoms with Crippen molar-refractivity contribution in [1.82, 2.24) is 9.97 Å². The van der Waals surface area contributed by atoms with Crippen LogP contribution in [-0.4, -0.2) is 23.6 Å². The van der Waals surface area contributed by atoms with Crippen LogP contribution in [0.4, 0.5) is 5.95 Å². The number of hydrogen-bond acceptors (Lipinski definition) is 4. The second-order valence-corrected chi connectivity index (χ2v) is 4.54. The molecule has 15 heavy (non-hydrogen) atoms. The topological polar surface area (TPSA) is 52.8 Å². The summed E-state index contributed by atoms with van der Waals surface area (Å²) in [6.45, 7) is 6.65. The van der Waals surface area contributed by atoms with E-state index in [1.54, 1.807) is 11.9 Å². The zero-order valence-corrected chi connectivity index (χ0v) is 9.65. The first-order chi connectivity index (χ1) is 6.95. The Bertz CT molecular complexity index is 356. The molecule has 0 bridgehead atoms. The van der Waals surface area contributed by atoms with E-state index in [9.17, 15) is 0 Å². The van der Waals surface area contributed by atoms with Crippen LogP contribution in [0.5, 0.6) is 0 Å². The lowest BCUT2D eigenvalue weighted by molar-refractivity contribution is 0.583. The second-order valence-electron chi connectivity index (χ2n) is 4.54. The maximum atomic E-state index is 8.53. The largest absolute Gasteiger partial charge is 0.331 e. The van der Waals surface area contributed by atoms with Gasteiger partial charge in [0.25, 0.3) is 0 Å². The van der Waals surface area contributed by atoms with Gasteiger partial charge in [-0.3, -0.25) is 0 Å². The predicted octanol–water partition coefficient (Wildman–Crippen LogP) is 1.73. The van der Waals surface area contributed by atoms with Gasteiger partial charge in [0.15, 0.2) is 0 Å². The van der Waals surface area contributed by atoms with Gasteiger partial charge in [0, 0.05) is 19.4 Å². The van der Waals surface area contributed by atoms with Crippen LogP contribution in [0.1, 0.15) is 26.3 Å². The third-order valence-corrected chi connectivity index (χ3v) is 2.15. The van der Waals surface area contributed by atoms with Gasteiger partial charge in [-0.1, -0.05) is 20.8 Å². The van der Waals surface area contributed by atoms with Crippen molar-refractivity contribution in [2.45, 2.75) is 26.2 Å². The first-order valence-corrected chi connectivity index (χ1v) is 4.86. The molecule has 0 aromatic carbocycles. The van der Waals surface area contributed by atoms with Crippen molar-refractivity contribution in [1.29, 1.82) is 5.26 Å². The highest BCUT2D eigenvalue weighted by molar-refractivity contribution is 5.31. The fourth-order valence-corrected chi connectivity index (χ4v) is 1.08. The van der Waals surface area contributed by atoms with Gasteiger partial charge < -0.3 is 4.90 Å². The van der Waals surface area contributed by atoms with E-state index in [4.69, 9.17) is 5.26 Å². The maximum Gasteiger partial charge on any atom is 0.225 e. The van der Waals surface area contributed by atoms with Gasteiger partial charge in [0.05, 0.1) is 6.07 Å². The van der Waals surface area contributed by atoms with Crippen LogP contribution in [-0.2, 0) is 5.41 Å². The summed E-state index contributed by atoms with van der Waals surface area (Å²) in [4.78, 5) is 10.2. The normalized spacial score (nSPS) is 10.9. The third kappa shape index (κ3) is 2.91. The molecule has 0 saturated carbocycles. The second kappa shape index (κ2) is 4.26. The fourth-order valence-electron chi connectivity index (χ4n) is 1.08. The minimum Gasteiger partial charge on any atom is -0.331 e. The van der Waals surface area contributed by atoms with E-state index in [1.807, 2.05) is 12.4 Å². The van der Waals surface area contributed by atoms with Gasteiger partial charge >= 0.3 is 0 Å². The van der Waals surface area contributed by atoms with Crippen molar-refractivity contribution in [3.63, 3.8) is 0 Å². The van der Waals surface area contributed by atoms with Crippen molar-refractivity contribution < 1.29 is 0 Å². The number of rotatable bonds is 2. The molecule has 0 aliphatic carbocycles. The number of anilines is 1. The Morgan fingerprint density at radius 2 is 1.87 bits per heavy atom. The quantitative estimate of drug-likeness (QED) is 0.688. The molecule has 0 radical (unpaired) electrons. The number of aromatic nitrogens is 2. The van der Waals surface area contributed by atoms with Gasteiger partial charge in [0.2, 0.25) is 5.95 Å². The summed E-state index contributed by atoms with van der Waals surface area (Å²) in [6, 6.07) is 2.06. The van der Waals surface area contributed by atoms with Crippen molar-refractivity contribution in [2.24, 2.45) is 0 Å². The Morgan fingerprint density at radius 1 is 1.33 bits per heavy atom. The Morgan fingerprint density at radius 3 is 2.27 bits per heavy atom. The Kier molecular flexibility index (Phi) is 3.25. The van der Waals surface area contributed by atoms with Crippen molar-refractivity contribution in [3.8, 4) is 6.07 Å². The molecule has 1 aromatic rings. The van der Waals surface area contributed by atoms with E-state index >= 15 is 0 Å². The Labute approximate surface area is 90.6 Å². The number of nitrogens with zero attached hydrogens (tertiary/aromatic N) is 4. The van der Waals surface area contributed by atoms with Gasteiger partial charge in [-0.05, 0) is 11.0 Å². The van der Waals surface area contributed by atoms with E-state index in [1.165, 1.54) is 0 Å². The van der Waals surface area contributed by atoms with E-state index in [2.05, 4.69) is 36.8 Å². The SMILES string of the molecule is CN(CC#N)c1ncc(C(C)(C)C)cn1. The highest BCUT2D eigenvalue weighted by atomic mass is 15.2. The van der Waals surface area contributed by atoms with Crippen LogP contribution in [0.15, 0.2) is 12.4 Å². The molecule has 1 aromatic heterocycles. The van der Waals surface area contributed by atoms with Crippen LogP contribution in [0.2, 0.25) is 0 Å². The molecule has 0 unspecified atom stereocenters. The Balaban J connectivity index is 2.87. The molecule has 4 nitrogen and oxygen atoms in total. The summed E-state index contributed by atoms with van der Waals surface area (Å²) in [5.41, 5.74) is 1.16. The number of nitriles is 1. The highest BCUT2D eigenvalue weighted by Crippen LogP contribution is 2.20. The smallest absolute Gasteiger partial charge is 0.225 e. The first-order valence-electron chi connectivity index (χ1n) is 4.86. The van der Waals surface area contributed by atoms with Crippen LogP contribution >= 0.6 is 0 Å². The van der Waals surface area contributed by atoms with Gasteiger partial charge in [-0.15, -0.1) is 0 Å². The van der Waals surface area contributed by atoms with Crippen molar-refractivity contribution in [3.05, 3.63) is 18.0 Å². The van der Waals surface area contributed by atoms with Crippen LogP contribution in [0.25, 0.3) is 0 Å². The summed E-state index contributed by atoms with van der Waals surface area (Å²) < 4.78 is 0. The monoisotopic (exact) mass is 204 g/mol. The molecule has 0 fully saturated rings. The lowest BCUT2D eigenvalue weighted by Crippen LogP contribution is -2.21. The van der Waals surface area contributed by atoms with E-state index in [0.717, 1.165) is 5.56 Å². The average molecular weight is 204 g/mol. The molecule has 0 N–H and O–H groups in total. The standard InChI is InChI=1S/C11H16N4/c1-11(2,3)9-7-13-10(14-8-9)15(4)6-5-12/h7-8H,6H2,1-4H3. The third-order valence-electron chi connectivity index (χ3n) is 2.15. The molecule has 0 atom stereocenters. The zero-order valence-electron chi connectivity index (χ0n) is 9.65. The fraction of sp³-hybridized carbons (Fsp3) is 0.545. The molecule has 80 valence electrons. The predicted molar refractivity (Wildman–Crippen MR) is 59.6 cm³/mol. The highest BCUT2D eigenvalue weighted by Gasteiger charge is 2.14. The molecule has 0 spiro atoms. The molecule has 1 rings (SSSR count). The molecular formula is C11H16N4. The van der Waals surface area contributed by atoms with Crippen LogP contribution in [0, 0.1) is 11.3 Å². The first kappa shape index (κ1) is 11.4. The molecule has 0 aliphatic rings. The molecular weight excluding hydrogens is 188 g/mol. The summed E-state index contributed by atoms with van der Waals surface area (Å²) in [6.07, 6.45) is 3.63. The Hall–Kier alpha value is -1.63. The van der Waals surface area contributed by atoms with Crippen molar-refractivity contribution >= 4 is 5.95 Å².